The monoisotopic (exact) mass is 451 g/mol. The van der Waals surface area contributed by atoms with Crippen molar-refractivity contribution in [2.45, 2.75) is 32.2 Å². The average Bonchev–Trinajstić information content (AvgIpc) is 2.78. The van der Waals surface area contributed by atoms with Crippen molar-refractivity contribution in [2.75, 3.05) is 10.8 Å². The first kappa shape index (κ1) is 23.1. The van der Waals surface area contributed by atoms with Crippen LogP contribution in [0.5, 0.6) is 0 Å². The van der Waals surface area contributed by atoms with Crippen LogP contribution in [0.2, 0.25) is 0 Å². The Kier molecular flexibility index (Phi) is 7.05. The largest absolute Gasteiger partial charge is 0.349 e. The molecule has 0 spiro atoms. The van der Waals surface area contributed by atoms with E-state index in [9.17, 15) is 18.0 Å². The predicted octanol–water partition coefficient (Wildman–Crippen LogP) is 3.33. The van der Waals surface area contributed by atoms with Gasteiger partial charge in [-0.25, -0.2) is 13.4 Å². The molecule has 0 saturated heterocycles. The van der Waals surface area contributed by atoms with E-state index in [4.69, 9.17) is 0 Å². The van der Waals surface area contributed by atoms with Crippen LogP contribution in [0.25, 0.3) is 0 Å². The van der Waals surface area contributed by atoms with Crippen LogP contribution in [-0.4, -0.2) is 32.1 Å². The number of anilines is 1. The van der Waals surface area contributed by atoms with Gasteiger partial charge in [0.2, 0.25) is 5.91 Å². The van der Waals surface area contributed by atoms with Crippen molar-refractivity contribution in [3.05, 3.63) is 88.7 Å². The van der Waals surface area contributed by atoms with Crippen molar-refractivity contribution in [1.29, 1.82) is 0 Å². The number of aldehydes is 1. The molecule has 0 unspecified atom stereocenters. The number of pyridine rings is 1. The number of carbonyl (C=O) groups excluding carboxylic acids is 2. The fraction of sp³-hybridized carbons (Fsp3) is 0.208. The van der Waals surface area contributed by atoms with Crippen molar-refractivity contribution in [3.8, 4) is 0 Å². The van der Waals surface area contributed by atoms with Crippen molar-refractivity contribution < 1.29 is 18.0 Å². The van der Waals surface area contributed by atoms with Crippen LogP contribution in [0, 0.1) is 20.8 Å². The zero-order valence-electron chi connectivity index (χ0n) is 18.2. The number of nitrogens with one attached hydrogen (secondary N) is 1. The Labute approximate surface area is 188 Å². The number of carbonyl (C=O) groups is 2. The highest BCUT2D eigenvalue weighted by Crippen LogP contribution is 2.28. The molecule has 1 heterocycles. The van der Waals surface area contributed by atoms with E-state index in [-0.39, 0.29) is 17.1 Å². The van der Waals surface area contributed by atoms with Gasteiger partial charge in [0.15, 0.2) is 6.29 Å². The Bertz CT molecular complexity index is 1240. The van der Waals surface area contributed by atoms with E-state index in [2.05, 4.69) is 10.3 Å². The van der Waals surface area contributed by atoms with E-state index in [0.29, 0.717) is 17.7 Å². The third-order valence-corrected chi connectivity index (χ3v) is 6.93. The topological polar surface area (TPSA) is 96.4 Å². The summed E-state index contributed by atoms with van der Waals surface area (Å²) in [5, 5.41) is 2.69. The molecule has 3 rings (SSSR count). The molecule has 32 heavy (non-hydrogen) atoms. The van der Waals surface area contributed by atoms with Gasteiger partial charge in [0.25, 0.3) is 10.0 Å². The summed E-state index contributed by atoms with van der Waals surface area (Å²) in [6, 6.07) is 16.8. The summed E-state index contributed by atoms with van der Waals surface area (Å²) in [5.74, 6) is -0.486. The van der Waals surface area contributed by atoms with Gasteiger partial charge in [-0.1, -0.05) is 35.9 Å². The van der Waals surface area contributed by atoms with Crippen LogP contribution >= 0.6 is 0 Å². The minimum absolute atomic E-state index is 0.0751. The van der Waals surface area contributed by atoms with Gasteiger partial charge in [-0.15, -0.1) is 0 Å². The standard InChI is InChI=1S/C24H25N3O4S/c1-17-10-12-22(13-11-17)32(30,31)27(23-9-4-6-18(2)19(23)3)15-24(29)25-14-20-7-5-8-21(16-28)26-20/h4-13,16H,14-15H2,1-3H3,(H,25,29). The number of aromatic nitrogens is 1. The third-order valence-electron chi connectivity index (χ3n) is 5.16. The lowest BCUT2D eigenvalue weighted by Gasteiger charge is -2.26. The zero-order chi connectivity index (χ0) is 23.3. The number of hydrogen-bond acceptors (Lipinski definition) is 5. The highest BCUT2D eigenvalue weighted by molar-refractivity contribution is 7.92. The number of amides is 1. The van der Waals surface area contributed by atoms with Gasteiger partial charge in [0.1, 0.15) is 12.2 Å². The highest BCUT2D eigenvalue weighted by Gasteiger charge is 2.28. The van der Waals surface area contributed by atoms with Crippen LogP contribution in [0.1, 0.15) is 32.9 Å². The fourth-order valence-corrected chi connectivity index (χ4v) is 4.66. The molecule has 3 aromatic rings. The normalized spacial score (nSPS) is 11.1. The number of rotatable bonds is 8. The minimum Gasteiger partial charge on any atom is -0.349 e. The number of nitrogens with zero attached hydrogens (tertiary/aromatic N) is 2. The molecule has 7 nitrogen and oxygen atoms in total. The van der Waals surface area contributed by atoms with Crippen LogP contribution in [0.4, 0.5) is 5.69 Å². The molecule has 0 saturated carbocycles. The second kappa shape index (κ2) is 9.74. The molecular weight excluding hydrogens is 426 g/mol. The van der Waals surface area contributed by atoms with Gasteiger partial charge >= 0.3 is 0 Å². The molecule has 0 aliphatic heterocycles. The quantitative estimate of drug-likeness (QED) is 0.530. The third kappa shape index (κ3) is 5.20. The Morgan fingerprint density at radius 3 is 2.38 bits per heavy atom. The summed E-state index contributed by atoms with van der Waals surface area (Å²) in [4.78, 5) is 27.9. The number of benzene rings is 2. The summed E-state index contributed by atoms with van der Waals surface area (Å²) in [5.41, 5.74) is 3.84. The molecule has 0 aliphatic carbocycles. The summed E-state index contributed by atoms with van der Waals surface area (Å²) in [6.07, 6.45) is 0.627. The molecule has 0 aliphatic rings. The van der Waals surface area contributed by atoms with E-state index >= 15 is 0 Å². The van der Waals surface area contributed by atoms with Gasteiger partial charge in [-0.2, -0.15) is 0 Å². The summed E-state index contributed by atoms with van der Waals surface area (Å²) in [6.45, 7) is 5.27. The Morgan fingerprint density at radius 1 is 1.00 bits per heavy atom. The van der Waals surface area contributed by atoms with Crippen LogP contribution < -0.4 is 9.62 Å². The first-order valence-corrected chi connectivity index (χ1v) is 11.5. The Morgan fingerprint density at radius 2 is 1.69 bits per heavy atom. The van der Waals surface area contributed by atoms with E-state index in [1.165, 1.54) is 12.1 Å². The molecular formula is C24H25N3O4S. The summed E-state index contributed by atoms with van der Waals surface area (Å²) < 4.78 is 28.1. The van der Waals surface area contributed by atoms with Gasteiger partial charge in [-0.05, 0) is 62.2 Å². The first-order valence-electron chi connectivity index (χ1n) is 10.1. The predicted molar refractivity (Wildman–Crippen MR) is 123 cm³/mol. The molecule has 8 heteroatoms. The van der Waals surface area contributed by atoms with Crippen molar-refractivity contribution in [2.24, 2.45) is 0 Å². The Hall–Kier alpha value is -3.52. The van der Waals surface area contributed by atoms with Crippen molar-refractivity contribution in [3.63, 3.8) is 0 Å². The fourth-order valence-electron chi connectivity index (χ4n) is 3.18. The zero-order valence-corrected chi connectivity index (χ0v) is 19.0. The van der Waals surface area contributed by atoms with Gasteiger partial charge in [0.05, 0.1) is 22.8 Å². The van der Waals surface area contributed by atoms with Gasteiger partial charge in [-0.3, -0.25) is 13.9 Å². The van der Waals surface area contributed by atoms with E-state index < -0.39 is 22.5 Å². The molecule has 1 N–H and O–H groups in total. The van der Waals surface area contributed by atoms with Gasteiger partial charge in [0, 0.05) is 0 Å². The first-order chi connectivity index (χ1) is 15.2. The van der Waals surface area contributed by atoms with Crippen LogP contribution in [0.3, 0.4) is 0 Å². The lowest BCUT2D eigenvalue weighted by molar-refractivity contribution is -0.119. The van der Waals surface area contributed by atoms with E-state index in [1.807, 2.05) is 26.8 Å². The molecule has 1 amide bonds. The highest BCUT2D eigenvalue weighted by atomic mass is 32.2. The van der Waals surface area contributed by atoms with Crippen molar-refractivity contribution >= 4 is 27.9 Å². The van der Waals surface area contributed by atoms with E-state index in [0.717, 1.165) is 21.0 Å². The second-order valence-electron chi connectivity index (χ2n) is 7.49. The van der Waals surface area contributed by atoms with Crippen molar-refractivity contribution in [1.82, 2.24) is 10.3 Å². The van der Waals surface area contributed by atoms with Crippen LogP contribution in [0.15, 0.2) is 65.6 Å². The Balaban J connectivity index is 1.90. The maximum absolute atomic E-state index is 13.5. The molecule has 2 aromatic carbocycles. The SMILES string of the molecule is Cc1ccc(S(=O)(=O)N(CC(=O)NCc2cccc(C=O)n2)c2cccc(C)c2C)cc1. The van der Waals surface area contributed by atoms with E-state index in [1.54, 1.807) is 42.5 Å². The molecule has 166 valence electrons. The molecule has 0 fully saturated rings. The minimum atomic E-state index is -3.99. The maximum Gasteiger partial charge on any atom is 0.264 e. The average molecular weight is 452 g/mol. The molecule has 0 atom stereocenters. The number of hydrogen-bond donors (Lipinski definition) is 1. The smallest absolute Gasteiger partial charge is 0.264 e. The summed E-state index contributed by atoms with van der Waals surface area (Å²) in [7, 11) is -3.99. The van der Waals surface area contributed by atoms with Crippen LogP contribution in [-0.2, 0) is 21.4 Å². The lowest BCUT2D eigenvalue weighted by atomic mass is 10.1. The maximum atomic E-state index is 13.5. The molecule has 0 bridgehead atoms. The van der Waals surface area contributed by atoms with Gasteiger partial charge < -0.3 is 5.32 Å². The molecule has 1 aromatic heterocycles. The lowest BCUT2D eigenvalue weighted by Crippen LogP contribution is -2.41. The second-order valence-corrected chi connectivity index (χ2v) is 9.35. The summed E-state index contributed by atoms with van der Waals surface area (Å²) >= 11 is 0. The number of sulfonamides is 1. The molecule has 0 radical (unpaired) electrons. The number of aryl methyl sites for hydroxylation is 2.